The lowest BCUT2D eigenvalue weighted by molar-refractivity contribution is 0.591. The Bertz CT molecular complexity index is 872. The molecule has 0 N–H and O–H groups in total. The van der Waals surface area contributed by atoms with Crippen LogP contribution in [0, 0.1) is 0 Å². The van der Waals surface area contributed by atoms with Crippen molar-refractivity contribution in [2.45, 2.75) is 0 Å². The minimum Gasteiger partial charge on any atom is -0.275 e. The van der Waals surface area contributed by atoms with Gasteiger partial charge in [0.25, 0.3) is 0 Å². The lowest BCUT2D eigenvalue weighted by atomic mass is 10.4. The maximum atomic E-state index is 13.1. The van der Waals surface area contributed by atoms with Crippen LogP contribution >= 0.6 is 35.5 Å². The first-order valence-electron chi connectivity index (χ1n) is 7.32. The van der Waals surface area contributed by atoms with Crippen LogP contribution < -0.4 is 15.9 Å². The molecule has 0 aliphatic rings. The Morgan fingerprint density at radius 3 is 1.29 bits per heavy atom. The van der Waals surface area contributed by atoms with E-state index < -0.39 is 13.1 Å². The van der Waals surface area contributed by atoms with E-state index in [4.69, 9.17) is 22.5 Å². The van der Waals surface area contributed by atoms with Crippen molar-refractivity contribution >= 4 is 51.4 Å². The van der Waals surface area contributed by atoms with Gasteiger partial charge in [0.05, 0.1) is 0 Å². The van der Waals surface area contributed by atoms with Gasteiger partial charge in [-0.15, -0.1) is 0 Å². The minimum absolute atomic E-state index is 0.489. The predicted molar refractivity (Wildman–Crippen MR) is 107 cm³/mol. The number of halogens is 2. The summed E-state index contributed by atoms with van der Waals surface area (Å²) in [6.45, 7) is -3.48. The second-order valence-corrected chi connectivity index (χ2v) is 12.4. The smallest absolute Gasteiger partial charge is 0.275 e. The Kier molecular flexibility index (Phi) is 5.33. The maximum Gasteiger partial charge on any atom is 0.305 e. The fraction of sp³-hybridized carbons (Fsp3) is 0. The molecular formula is C18H15Cl2NOP2. The Morgan fingerprint density at radius 2 is 0.917 bits per heavy atom. The van der Waals surface area contributed by atoms with Gasteiger partial charge < -0.3 is 0 Å². The lowest BCUT2D eigenvalue weighted by Gasteiger charge is -2.20. The van der Waals surface area contributed by atoms with E-state index in [1.165, 1.54) is 0 Å². The van der Waals surface area contributed by atoms with Gasteiger partial charge in [-0.1, -0.05) is 90.1 Å². The van der Waals surface area contributed by atoms with E-state index in [0.717, 1.165) is 10.6 Å². The topological polar surface area (TPSA) is 29.4 Å². The molecule has 0 bridgehead atoms. The van der Waals surface area contributed by atoms with Gasteiger partial charge in [0.1, 0.15) is 6.41 Å². The Hall–Kier alpha value is -1.30. The van der Waals surface area contributed by atoms with E-state index in [1.807, 2.05) is 66.7 Å². The number of benzene rings is 3. The third-order valence-electron chi connectivity index (χ3n) is 3.51. The minimum atomic E-state index is -3.48. The van der Waals surface area contributed by atoms with Crippen molar-refractivity contribution in [2.24, 2.45) is 4.52 Å². The molecule has 1 atom stereocenters. The highest BCUT2D eigenvalue weighted by Gasteiger charge is 2.29. The standard InChI is InChI=1S/C18H15Cl2NOP2/c19-23(16-10-4-1-5-11-16,17-12-6-2-7-13-17)21-24(20,22)18-14-8-3-9-15-18/h1-15H. The number of rotatable bonds is 4. The molecule has 3 aromatic rings. The van der Waals surface area contributed by atoms with E-state index in [9.17, 15) is 4.57 Å². The van der Waals surface area contributed by atoms with Gasteiger partial charge in [0.2, 0.25) is 0 Å². The highest BCUT2D eigenvalue weighted by atomic mass is 35.7. The van der Waals surface area contributed by atoms with Crippen LogP contribution in [0.4, 0.5) is 0 Å². The number of hydrogen-bond acceptors (Lipinski definition) is 1. The van der Waals surface area contributed by atoms with Crippen molar-refractivity contribution in [3.8, 4) is 0 Å². The molecule has 0 aliphatic carbocycles. The van der Waals surface area contributed by atoms with Gasteiger partial charge in [-0.05, 0) is 23.4 Å². The van der Waals surface area contributed by atoms with Crippen LogP contribution in [0.5, 0.6) is 0 Å². The zero-order valence-electron chi connectivity index (χ0n) is 12.7. The third kappa shape index (κ3) is 3.68. The first-order chi connectivity index (χ1) is 11.5. The van der Waals surface area contributed by atoms with Gasteiger partial charge >= 0.3 is 6.65 Å². The third-order valence-corrected chi connectivity index (χ3v) is 11.3. The normalized spacial score (nSPS) is 13.9. The molecular weight excluding hydrogens is 379 g/mol. The SMILES string of the molecule is O=P(Cl)(N=P(Cl)(c1ccccc1)c1ccccc1)c1ccccc1. The van der Waals surface area contributed by atoms with Crippen LogP contribution in [-0.4, -0.2) is 0 Å². The average molecular weight is 394 g/mol. The van der Waals surface area contributed by atoms with Crippen molar-refractivity contribution in [1.82, 2.24) is 0 Å². The molecule has 3 aromatic carbocycles. The summed E-state index contributed by atoms with van der Waals surface area (Å²) in [5.74, 6) is 0. The molecule has 0 aromatic heterocycles. The lowest BCUT2D eigenvalue weighted by Crippen LogP contribution is -2.12. The Morgan fingerprint density at radius 1 is 0.583 bits per heavy atom. The summed E-state index contributed by atoms with van der Waals surface area (Å²) in [5, 5.41) is 2.15. The average Bonchev–Trinajstić information content (AvgIpc) is 2.63. The van der Waals surface area contributed by atoms with Gasteiger partial charge in [0.15, 0.2) is 0 Å². The summed E-state index contributed by atoms with van der Waals surface area (Å²) in [6, 6.07) is 27.9. The second-order valence-electron chi connectivity index (χ2n) is 5.15. The first-order valence-corrected chi connectivity index (χ1v) is 12.5. The van der Waals surface area contributed by atoms with Crippen LogP contribution in [0.15, 0.2) is 95.5 Å². The molecule has 3 rings (SSSR count). The Balaban J connectivity index is 2.25. The van der Waals surface area contributed by atoms with E-state index in [2.05, 4.69) is 4.52 Å². The number of nitrogens with zero attached hydrogens (tertiary/aromatic N) is 1. The molecule has 0 amide bonds. The highest BCUT2D eigenvalue weighted by molar-refractivity contribution is 8.08. The summed E-state index contributed by atoms with van der Waals surface area (Å²) in [7, 11) is 0. The fourth-order valence-electron chi connectivity index (χ4n) is 2.33. The van der Waals surface area contributed by atoms with Crippen molar-refractivity contribution in [1.29, 1.82) is 0 Å². The van der Waals surface area contributed by atoms with Crippen molar-refractivity contribution in [3.63, 3.8) is 0 Å². The zero-order valence-corrected chi connectivity index (χ0v) is 16.0. The molecule has 0 radical (unpaired) electrons. The van der Waals surface area contributed by atoms with Crippen LogP contribution in [-0.2, 0) is 4.57 Å². The van der Waals surface area contributed by atoms with Crippen LogP contribution in [0.1, 0.15) is 0 Å². The monoisotopic (exact) mass is 393 g/mol. The van der Waals surface area contributed by atoms with Gasteiger partial charge in [-0.3, -0.25) is 4.57 Å². The summed E-state index contributed by atoms with van der Waals surface area (Å²) in [4.78, 5) is 0. The molecule has 0 heterocycles. The molecule has 24 heavy (non-hydrogen) atoms. The highest BCUT2D eigenvalue weighted by Crippen LogP contribution is 2.65. The summed E-state index contributed by atoms with van der Waals surface area (Å²) >= 11 is 13.4. The fourth-order valence-corrected chi connectivity index (χ4v) is 9.90. The van der Waals surface area contributed by atoms with E-state index >= 15 is 0 Å². The van der Waals surface area contributed by atoms with Crippen molar-refractivity contribution in [2.75, 3.05) is 0 Å². The van der Waals surface area contributed by atoms with E-state index in [1.54, 1.807) is 24.3 Å². The van der Waals surface area contributed by atoms with Crippen LogP contribution in [0.2, 0.25) is 0 Å². The number of hydrogen-bond donors (Lipinski definition) is 0. The first kappa shape index (κ1) is 17.5. The summed E-state index contributed by atoms with van der Waals surface area (Å²) < 4.78 is 17.7. The largest absolute Gasteiger partial charge is 0.305 e. The van der Waals surface area contributed by atoms with E-state index in [0.29, 0.717) is 5.30 Å². The molecule has 0 saturated carbocycles. The van der Waals surface area contributed by atoms with Crippen molar-refractivity contribution < 1.29 is 4.57 Å². The quantitative estimate of drug-likeness (QED) is 0.518. The molecule has 0 saturated heterocycles. The maximum absolute atomic E-state index is 13.1. The molecule has 0 aliphatic heterocycles. The summed E-state index contributed by atoms with van der Waals surface area (Å²) in [5.41, 5.74) is 0. The Labute approximate surface area is 151 Å². The zero-order chi connectivity index (χ0) is 17.0. The predicted octanol–water partition coefficient (Wildman–Crippen LogP) is 5.75. The van der Waals surface area contributed by atoms with E-state index in [-0.39, 0.29) is 0 Å². The molecule has 6 heteroatoms. The molecule has 0 fully saturated rings. The van der Waals surface area contributed by atoms with Crippen LogP contribution in [0.3, 0.4) is 0 Å². The van der Waals surface area contributed by atoms with Crippen LogP contribution in [0.25, 0.3) is 0 Å². The summed E-state index contributed by atoms with van der Waals surface area (Å²) in [6.07, 6.45) is -2.76. The van der Waals surface area contributed by atoms with Crippen molar-refractivity contribution in [3.05, 3.63) is 91.0 Å². The van der Waals surface area contributed by atoms with Gasteiger partial charge in [-0.2, -0.15) is 0 Å². The molecule has 122 valence electrons. The van der Waals surface area contributed by atoms with Gasteiger partial charge in [0, 0.05) is 15.9 Å². The molecule has 2 nitrogen and oxygen atoms in total. The second kappa shape index (κ2) is 7.30. The molecule has 1 unspecified atom stereocenters. The van der Waals surface area contributed by atoms with Gasteiger partial charge in [-0.25, -0.2) is 4.52 Å². The molecule has 0 spiro atoms.